The first-order valence-electron chi connectivity index (χ1n) is 5.13. The molecule has 0 saturated carbocycles. The first kappa shape index (κ1) is 15.8. The maximum absolute atomic E-state index is 11.5. The van der Waals surface area contributed by atoms with E-state index in [0.717, 1.165) is 0 Å². The minimum atomic E-state index is -0.735. The number of carbonyl (C=O) groups excluding carboxylic acids is 2. The van der Waals surface area contributed by atoms with Gasteiger partial charge in [0.1, 0.15) is 0 Å². The maximum Gasteiger partial charge on any atom is 0.433 e. The summed E-state index contributed by atoms with van der Waals surface area (Å²) < 4.78 is 4.58. The fourth-order valence-electron chi connectivity index (χ4n) is 0.709. The van der Waals surface area contributed by atoms with Crippen molar-refractivity contribution in [1.82, 2.24) is 5.32 Å². The second-order valence-electron chi connectivity index (χ2n) is 3.96. The number of ether oxygens (including phenoxy) is 1. The number of hydrogen-bond acceptors (Lipinski definition) is 6. The van der Waals surface area contributed by atoms with Gasteiger partial charge in [-0.1, -0.05) is 37.7 Å². The van der Waals surface area contributed by atoms with Crippen LogP contribution in [0.1, 0.15) is 27.7 Å². The number of hydrogen-bond donors (Lipinski definition) is 1. The fraction of sp³-hybridized carbons (Fsp3) is 0.700. The lowest BCUT2D eigenvalue weighted by molar-refractivity contribution is -0.134. The number of nitrogens with zero attached hydrogens (tertiary/aromatic N) is 1. The Morgan fingerprint density at radius 3 is 2.35 bits per heavy atom. The van der Waals surface area contributed by atoms with Crippen molar-refractivity contribution < 1.29 is 19.2 Å². The first-order chi connectivity index (χ1) is 7.80. The number of amides is 1. The SMILES string of the molecule is CCOC(=O)/C(=N/OC(=O)NC)SC(C)(C)C. The van der Waals surface area contributed by atoms with E-state index in [1.165, 1.54) is 18.8 Å². The highest BCUT2D eigenvalue weighted by molar-refractivity contribution is 8.16. The van der Waals surface area contributed by atoms with E-state index in [2.05, 4.69) is 15.3 Å². The van der Waals surface area contributed by atoms with Gasteiger partial charge in [0.15, 0.2) is 0 Å². The van der Waals surface area contributed by atoms with E-state index in [9.17, 15) is 9.59 Å². The molecule has 98 valence electrons. The summed E-state index contributed by atoms with van der Waals surface area (Å²) in [5.74, 6) is -0.601. The quantitative estimate of drug-likeness (QED) is 0.270. The molecule has 0 aromatic carbocycles. The average molecular weight is 262 g/mol. The van der Waals surface area contributed by atoms with Gasteiger partial charge in [-0.25, -0.2) is 9.59 Å². The fourth-order valence-corrected chi connectivity index (χ4v) is 1.51. The van der Waals surface area contributed by atoms with Crippen LogP contribution in [0, 0.1) is 0 Å². The van der Waals surface area contributed by atoms with Crippen molar-refractivity contribution in [3.05, 3.63) is 0 Å². The topological polar surface area (TPSA) is 77.0 Å². The summed E-state index contributed by atoms with van der Waals surface area (Å²) in [6.45, 7) is 7.66. The van der Waals surface area contributed by atoms with E-state index in [1.54, 1.807) is 6.92 Å². The van der Waals surface area contributed by atoms with Crippen molar-refractivity contribution >= 4 is 28.9 Å². The Labute approximate surface area is 105 Å². The van der Waals surface area contributed by atoms with Gasteiger partial charge >= 0.3 is 12.1 Å². The number of rotatable bonds is 2. The summed E-state index contributed by atoms with van der Waals surface area (Å²) in [5.41, 5.74) is 0. The third kappa shape index (κ3) is 7.62. The van der Waals surface area contributed by atoms with E-state index < -0.39 is 12.1 Å². The van der Waals surface area contributed by atoms with Crippen LogP contribution in [0.25, 0.3) is 0 Å². The van der Waals surface area contributed by atoms with Gasteiger partial charge in [-0.2, -0.15) is 0 Å². The molecule has 0 heterocycles. The number of thioether (sulfide) groups is 1. The predicted molar refractivity (Wildman–Crippen MR) is 67.0 cm³/mol. The zero-order chi connectivity index (χ0) is 13.5. The maximum atomic E-state index is 11.5. The van der Waals surface area contributed by atoms with Gasteiger partial charge in [0.2, 0.25) is 5.04 Å². The van der Waals surface area contributed by atoms with Crippen LogP contribution in [0.2, 0.25) is 0 Å². The molecule has 1 amide bonds. The molecular formula is C10H18N2O4S. The summed E-state index contributed by atoms with van der Waals surface area (Å²) in [4.78, 5) is 26.9. The molecule has 6 nitrogen and oxygen atoms in total. The van der Waals surface area contributed by atoms with Crippen molar-refractivity contribution in [1.29, 1.82) is 0 Å². The molecular weight excluding hydrogens is 244 g/mol. The van der Waals surface area contributed by atoms with E-state index in [-0.39, 0.29) is 16.4 Å². The van der Waals surface area contributed by atoms with Crippen LogP contribution in [0.5, 0.6) is 0 Å². The predicted octanol–water partition coefficient (Wildman–Crippen LogP) is 1.75. The van der Waals surface area contributed by atoms with E-state index in [0.29, 0.717) is 0 Å². The summed E-state index contributed by atoms with van der Waals surface area (Å²) in [7, 11) is 1.40. The molecule has 0 saturated heterocycles. The minimum absolute atomic E-state index is 0.0166. The normalized spacial score (nSPS) is 11.9. The lowest BCUT2D eigenvalue weighted by Gasteiger charge is -2.17. The van der Waals surface area contributed by atoms with Gasteiger partial charge in [0, 0.05) is 11.8 Å². The molecule has 17 heavy (non-hydrogen) atoms. The molecule has 0 aliphatic heterocycles. The molecule has 0 spiro atoms. The highest BCUT2D eigenvalue weighted by atomic mass is 32.2. The van der Waals surface area contributed by atoms with Crippen molar-refractivity contribution in [3.63, 3.8) is 0 Å². The molecule has 0 radical (unpaired) electrons. The largest absolute Gasteiger partial charge is 0.461 e. The third-order valence-corrected chi connectivity index (χ3v) is 2.32. The molecule has 0 aliphatic rings. The number of esters is 1. The summed E-state index contributed by atoms with van der Waals surface area (Å²) in [6, 6.07) is 0. The van der Waals surface area contributed by atoms with Gasteiger partial charge in [-0.3, -0.25) is 4.84 Å². The molecule has 0 aromatic heterocycles. The van der Waals surface area contributed by atoms with Crippen LogP contribution in [-0.2, 0) is 14.4 Å². The van der Waals surface area contributed by atoms with Gasteiger partial charge in [0.25, 0.3) is 0 Å². The summed E-state index contributed by atoms with van der Waals surface area (Å²) in [6.07, 6.45) is -0.735. The van der Waals surface area contributed by atoms with Gasteiger partial charge < -0.3 is 10.1 Å². The Kier molecular flexibility index (Phi) is 6.64. The highest BCUT2D eigenvalue weighted by Gasteiger charge is 2.23. The van der Waals surface area contributed by atoms with Crippen LogP contribution in [-0.4, -0.2) is 35.5 Å². The molecule has 0 atom stereocenters. The van der Waals surface area contributed by atoms with Crippen molar-refractivity contribution in [3.8, 4) is 0 Å². The molecule has 0 bridgehead atoms. The van der Waals surface area contributed by atoms with Crippen LogP contribution < -0.4 is 5.32 Å². The van der Waals surface area contributed by atoms with Crippen molar-refractivity contribution in [2.24, 2.45) is 5.16 Å². The first-order valence-corrected chi connectivity index (χ1v) is 5.94. The Bertz CT molecular complexity index is 310. The Hall–Kier alpha value is -1.24. The number of carbonyl (C=O) groups is 2. The van der Waals surface area contributed by atoms with Crippen LogP contribution in [0.15, 0.2) is 5.16 Å². The summed E-state index contributed by atoms with van der Waals surface area (Å²) in [5, 5.41) is 5.73. The van der Waals surface area contributed by atoms with Gasteiger partial charge in [-0.05, 0) is 6.92 Å². The van der Waals surface area contributed by atoms with E-state index in [1.807, 2.05) is 20.8 Å². The Morgan fingerprint density at radius 1 is 1.35 bits per heavy atom. The van der Waals surface area contributed by atoms with Gasteiger partial charge in [0.05, 0.1) is 6.61 Å². The van der Waals surface area contributed by atoms with Crippen LogP contribution in [0.4, 0.5) is 4.79 Å². The van der Waals surface area contributed by atoms with E-state index >= 15 is 0 Å². The Morgan fingerprint density at radius 2 is 1.94 bits per heavy atom. The number of oxime groups is 1. The smallest absolute Gasteiger partial charge is 0.433 e. The Balaban J connectivity index is 4.72. The molecule has 0 aromatic rings. The molecule has 1 N–H and O–H groups in total. The zero-order valence-corrected chi connectivity index (χ0v) is 11.5. The lowest BCUT2D eigenvalue weighted by atomic mass is 10.3. The third-order valence-electron chi connectivity index (χ3n) is 1.27. The lowest BCUT2D eigenvalue weighted by Crippen LogP contribution is -2.23. The monoisotopic (exact) mass is 262 g/mol. The van der Waals surface area contributed by atoms with Crippen molar-refractivity contribution in [2.75, 3.05) is 13.7 Å². The highest BCUT2D eigenvalue weighted by Crippen LogP contribution is 2.25. The standard InChI is InChI=1S/C10H18N2O4S/c1-6-15-8(13)7(17-10(2,3)4)12-16-9(14)11-5/h6H2,1-5H3,(H,11,14)/b12-7-. The molecule has 0 rings (SSSR count). The van der Waals surface area contributed by atoms with Crippen LogP contribution >= 0.6 is 11.8 Å². The second-order valence-corrected chi connectivity index (χ2v) is 5.78. The van der Waals surface area contributed by atoms with Gasteiger partial charge in [-0.15, -0.1) is 0 Å². The summed E-state index contributed by atoms with van der Waals surface area (Å²) >= 11 is 1.17. The van der Waals surface area contributed by atoms with E-state index in [4.69, 9.17) is 4.74 Å². The van der Waals surface area contributed by atoms with Crippen LogP contribution in [0.3, 0.4) is 0 Å². The van der Waals surface area contributed by atoms with Crippen molar-refractivity contribution in [2.45, 2.75) is 32.4 Å². The molecule has 0 aliphatic carbocycles. The average Bonchev–Trinajstić information content (AvgIpc) is 2.22. The minimum Gasteiger partial charge on any atom is -0.461 e. The molecule has 0 unspecified atom stereocenters. The number of nitrogens with one attached hydrogen (secondary N) is 1. The second kappa shape index (κ2) is 7.16. The molecule has 7 heteroatoms. The zero-order valence-electron chi connectivity index (χ0n) is 10.7. The molecule has 0 fully saturated rings.